The molecule has 1 aliphatic rings. The van der Waals surface area contributed by atoms with Gasteiger partial charge in [-0.25, -0.2) is 0 Å². The maximum atomic E-state index is 5.72. The number of hydrogen-bond donors (Lipinski definition) is 1. The van der Waals surface area contributed by atoms with Crippen molar-refractivity contribution in [3.63, 3.8) is 0 Å². The summed E-state index contributed by atoms with van der Waals surface area (Å²) in [5.74, 6) is -0.498. The summed E-state index contributed by atoms with van der Waals surface area (Å²) in [4.78, 5) is 0. The van der Waals surface area contributed by atoms with Crippen molar-refractivity contribution in [1.82, 2.24) is 0 Å². The van der Waals surface area contributed by atoms with Crippen LogP contribution in [0.1, 0.15) is 25.7 Å². The molecule has 1 atom stereocenters. The van der Waals surface area contributed by atoms with Crippen LogP contribution in [-0.2, 0) is 14.2 Å². The van der Waals surface area contributed by atoms with Crippen molar-refractivity contribution in [3.8, 4) is 0 Å². The Morgan fingerprint density at radius 3 is 2.86 bits per heavy atom. The van der Waals surface area contributed by atoms with E-state index in [9.17, 15) is 0 Å². The van der Waals surface area contributed by atoms with Crippen LogP contribution in [0, 0.1) is 0 Å². The molecule has 2 N–H and O–H groups in total. The van der Waals surface area contributed by atoms with E-state index >= 15 is 0 Å². The standard InChI is InChI=1S/C10H21NO3/c1-12-9-10(14-8-4-6-11)5-2-3-7-13-10/h2-9,11H2,1H3. The molecule has 0 aromatic heterocycles. The lowest BCUT2D eigenvalue weighted by molar-refractivity contribution is -0.274. The molecule has 0 bridgehead atoms. The zero-order valence-corrected chi connectivity index (χ0v) is 8.96. The fraction of sp³-hybridized carbons (Fsp3) is 1.00. The van der Waals surface area contributed by atoms with Gasteiger partial charge in [-0.2, -0.15) is 0 Å². The van der Waals surface area contributed by atoms with Crippen LogP contribution in [0.25, 0.3) is 0 Å². The fourth-order valence-corrected chi connectivity index (χ4v) is 1.66. The highest BCUT2D eigenvalue weighted by Gasteiger charge is 2.34. The predicted molar refractivity (Wildman–Crippen MR) is 54.0 cm³/mol. The summed E-state index contributed by atoms with van der Waals surface area (Å²) in [5.41, 5.74) is 5.41. The average molecular weight is 203 g/mol. The van der Waals surface area contributed by atoms with Crippen LogP contribution in [0.2, 0.25) is 0 Å². The van der Waals surface area contributed by atoms with Crippen molar-refractivity contribution in [1.29, 1.82) is 0 Å². The normalized spacial score (nSPS) is 27.9. The molecule has 14 heavy (non-hydrogen) atoms. The molecule has 0 saturated carbocycles. The summed E-state index contributed by atoms with van der Waals surface area (Å²) >= 11 is 0. The van der Waals surface area contributed by atoms with Gasteiger partial charge in [-0.3, -0.25) is 0 Å². The van der Waals surface area contributed by atoms with E-state index in [1.807, 2.05) is 0 Å². The minimum atomic E-state index is -0.498. The topological polar surface area (TPSA) is 53.7 Å². The molecule has 1 heterocycles. The number of nitrogens with two attached hydrogens (primary N) is 1. The molecule has 1 fully saturated rings. The Hall–Kier alpha value is -0.160. The van der Waals surface area contributed by atoms with Gasteiger partial charge >= 0.3 is 0 Å². The molecule has 0 spiro atoms. The van der Waals surface area contributed by atoms with Gasteiger partial charge in [0.2, 0.25) is 0 Å². The van der Waals surface area contributed by atoms with Gasteiger partial charge in [-0.05, 0) is 25.8 Å². The first kappa shape index (κ1) is 11.9. The molecule has 4 nitrogen and oxygen atoms in total. The maximum Gasteiger partial charge on any atom is 0.191 e. The Balaban J connectivity index is 2.34. The molecule has 0 aromatic rings. The van der Waals surface area contributed by atoms with Crippen molar-refractivity contribution in [2.45, 2.75) is 31.5 Å². The summed E-state index contributed by atoms with van der Waals surface area (Å²) in [7, 11) is 1.67. The fourth-order valence-electron chi connectivity index (χ4n) is 1.66. The van der Waals surface area contributed by atoms with Crippen molar-refractivity contribution in [2.24, 2.45) is 5.73 Å². The van der Waals surface area contributed by atoms with Crippen LogP contribution >= 0.6 is 0 Å². The molecule has 0 amide bonds. The highest BCUT2D eigenvalue weighted by molar-refractivity contribution is 4.73. The third kappa shape index (κ3) is 3.53. The SMILES string of the molecule is COCC1(OCCCN)CCCCO1. The first-order valence-corrected chi connectivity index (χ1v) is 5.30. The third-order valence-corrected chi connectivity index (χ3v) is 2.39. The molecule has 84 valence electrons. The second-order valence-electron chi connectivity index (χ2n) is 3.64. The lowest BCUT2D eigenvalue weighted by atomic mass is 10.1. The quantitative estimate of drug-likeness (QED) is 0.651. The van der Waals surface area contributed by atoms with Crippen molar-refractivity contribution in [2.75, 3.05) is 33.5 Å². The van der Waals surface area contributed by atoms with Crippen LogP contribution in [0.3, 0.4) is 0 Å². The van der Waals surface area contributed by atoms with Gasteiger partial charge in [-0.15, -0.1) is 0 Å². The summed E-state index contributed by atoms with van der Waals surface area (Å²) in [5, 5.41) is 0. The minimum Gasteiger partial charge on any atom is -0.379 e. The Kier molecular flexibility index (Phi) is 5.40. The van der Waals surface area contributed by atoms with Gasteiger partial charge in [0.25, 0.3) is 0 Å². The number of ether oxygens (including phenoxy) is 3. The first-order valence-electron chi connectivity index (χ1n) is 5.30. The predicted octanol–water partition coefficient (Wildman–Crippen LogP) is 0.895. The Morgan fingerprint density at radius 1 is 1.43 bits per heavy atom. The number of hydrogen-bond acceptors (Lipinski definition) is 4. The smallest absolute Gasteiger partial charge is 0.191 e. The lowest BCUT2D eigenvalue weighted by Crippen LogP contribution is -2.43. The zero-order chi connectivity index (χ0) is 10.3. The lowest BCUT2D eigenvalue weighted by Gasteiger charge is -2.36. The molecular formula is C10H21NO3. The number of rotatable bonds is 6. The maximum absolute atomic E-state index is 5.72. The number of methoxy groups -OCH3 is 1. The summed E-state index contributed by atoms with van der Waals surface area (Å²) < 4.78 is 16.5. The third-order valence-electron chi connectivity index (χ3n) is 2.39. The largest absolute Gasteiger partial charge is 0.379 e. The average Bonchev–Trinajstić information content (AvgIpc) is 2.20. The minimum absolute atomic E-state index is 0.498. The highest BCUT2D eigenvalue weighted by Crippen LogP contribution is 2.26. The molecule has 1 unspecified atom stereocenters. The summed E-state index contributed by atoms with van der Waals surface area (Å²) in [6, 6.07) is 0. The molecule has 1 saturated heterocycles. The van der Waals surface area contributed by atoms with E-state index in [1.54, 1.807) is 7.11 Å². The van der Waals surface area contributed by atoms with Crippen LogP contribution in [0.5, 0.6) is 0 Å². The van der Waals surface area contributed by atoms with Crippen molar-refractivity contribution in [3.05, 3.63) is 0 Å². The Morgan fingerprint density at radius 2 is 2.29 bits per heavy atom. The molecule has 0 radical (unpaired) electrons. The van der Waals surface area contributed by atoms with Gasteiger partial charge in [0.1, 0.15) is 6.61 Å². The van der Waals surface area contributed by atoms with Crippen molar-refractivity contribution < 1.29 is 14.2 Å². The van der Waals surface area contributed by atoms with Gasteiger partial charge in [-0.1, -0.05) is 0 Å². The van der Waals surface area contributed by atoms with Gasteiger partial charge < -0.3 is 19.9 Å². The zero-order valence-electron chi connectivity index (χ0n) is 8.96. The Labute approximate surface area is 85.7 Å². The molecule has 4 heteroatoms. The monoisotopic (exact) mass is 203 g/mol. The second-order valence-corrected chi connectivity index (χ2v) is 3.64. The first-order chi connectivity index (χ1) is 6.83. The molecule has 1 rings (SSSR count). The van der Waals surface area contributed by atoms with Crippen LogP contribution in [0.15, 0.2) is 0 Å². The van der Waals surface area contributed by atoms with E-state index < -0.39 is 5.79 Å². The highest BCUT2D eigenvalue weighted by atomic mass is 16.7. The Bertz CT molecular complexity index is 141. The van der Waals surface area contributed by atoms with Gasteiger partial charge in [0, 0.05) is 13.5 Å². The summed E-state index contributed by atoms with van der Waals surface area (Å²) in [6.07, 6.45) is 4.05. The van der Waals surface area contributed by atoms with E-state index in [4.69, 9.17) is 19.9 Å². The molecule has 0 aliphatic carbocycles. The van der Waals surface area contributed by atoms with Crippen molar-refractivity contribution >= 4 is 0 Å². The van der Waals surface area contributed by atoms with E-state index in [0.717, 1.165) is 32.3 Å². The van der Waals surface area contributed by atoms with Crippen LogP contribution in [0.4, 0.5) is 0 Å². The van der Waals surface area contributed by atoms with E-state index in [0.29, 0.717) is 19.8 Å². The van der Waals surface area contributed by atoms with Gasteiger partial charge in [0.15, 0.2) is 5.79 Å². The molecule has 0 aromatic carbocycles. The van der Waals surface area contributed by atoms with E-state index in [1.165, 1.54) is 0 Å². The van der Waals surface area contributed by atoms with Crippen LogP contribution in [-0.4, -0.2) is 39.3 Å². The van der Waals surface area contributed by atoms with Crippen LogP contribution < -0.4 is 5.73 Å². The summed E-state index contributed by atoms with van der Waals surface area (Å²) in [6.45, 7) is 2.59. The molecule has 1 aliphatic heterocycles. The van der Waals surface area contributed by atoms with E-state index in [-0.39, 0.29) is 0 Å². The van der Waals surface area contributed by atoms with E-state index in [2.05, 4.69) is 0 Å². The molecular weight excluding hydrogens is 182 g/mol. The second kappa shape index (κ2) is 6.35. The van der Waals surface area contributed by atoms with Gasteiger partial charge in [0.05, 0.1) is 13.2 Å².